The van der Waals surface area contributed by atoms with E-state index in [0.717, 1.165) is 58.5 Å². The molecule has 4 unspecified atom stereocenters. The average molecular weight is 739 g/mol. The molecular weight excluding hydrogens is 665 g/mol. The molecule has 53 heavy (non-hydrogen) atoms. The van der Waals surface area contributed by atoms with E-state index in [-0.39, 0.29) is 0 Å². The fourth-order valence-corrected chi connectivity index (χ4v) is 11.8. The molecular formula is C49H74F4. The monoisotopic (exact) mass is 739 g/mol. The molecule has 4 heteroatoms. The van der Waals surface area contributed by atoms with E-state index in [1.165, 1.54) is 146 Å². The Morgan fingerprint density at radius 1 is 0.434 bits per heavy atom. The van der Waals surface area contributed by atoms with Crippen molar-refractivity contribution < 1.29 is 17.6 Å². The highest BCUT2D eigenvalue weighted by atomic mass is 19.2. The highest BCUT2D eigenvalue weighted by Crippen LogP contribution is 2.47. The van der Waals surface area contributed by atoms with E-state index >= 15 is 0 Å². The van der Waals surface area contributed by atoms with Crippen molar-refractivity contribution in [2.75, 3.05) is 0 Å². The van der Waals surface area contributed by atoms with Crippen molar-refractivity contribution in [1.29, 1.82) is 0 Å². The minimum atomic E-state index is -0.740. The Kier molecular flexibility index (Phi) is 16.3. The number of benzene rings is 2. The predicted molar refractivity (Wildman–Crippen MR) is 215 cm³/mol. The zero-order valence-electron chi connectivity index (χ0n) is 34.3. The van der Waals surface area contributed by atoms with Crippen LogP contribution >= 0.6 is 0 Å². The van der Waals surface area contributed by atoms with Crippen molar-refractivity contribution in [3.05, 3.63) is 70.8 Å². The summed E-state index contributed by atoms with van der Waals surface area (Å²) in [7, 11) is 0. The van der Waals surface area contributed by atoms with Crippen molar-refractivity contribution in [3.8, 4) is 0 Å². The lowest BCUT2D eigenvalue weighted by Crippen LogP contribution is -2.29. The van der Waals surface area contributed by atoms with Gasteiger partial charge in [-0.05, 0) is 183 Å². The molecule has 0 heterocycles. The van der Waals surface area contributed by atoms with Crippen molar-refractivity contribution >= 4 is 0 Å². The third-order valence-corrected chi connectivity index (χ3v) is 16.0. The van der Waals surface area contributed by atoms with Crippen LogP contribution in [0.3, 0.4) is 0 Å². The van der Waals surface area contributed by atoms with Gasteiger partial charge in [0.15, 0.2) is 23.3 Å². The Bertz CT molecular complexity index is 1350. The van der Waals surface area contributed by atoms with E-state index in [1.807, 2.05) is 0 Å². The van der Waals surface area contributed by atoms with Crippen LogP contribution in [-0.2, 0) is 0 Å². The lowest BCUT2D eigenvalue weighted by atomic mass is 9.65. The van der Waals surface area contributed by atoms with E-state index in [2.05, 4.69) is 41.5 Å². The Morgan fingerprint density at radius 2 is 0.755 bits per heavy atom. The molecule has 0 saturated heterocycles. The first kappa shape index (κ1) is 42.3. The molecule has 0 radical (unpaired) electrons. The molecule has 4 saturated carbocycles. The van der Waals surface area contributed by atoms with E-state index in [1.54, 1.807) is 12.1 Å². The maximum atomic E-state index is 13.6. The molecule has 0 aromatic heterocycles. The molecule has 4 aliphatic carbocycles. The quantitative estimate of drug-likeness (QED) is 0.201. The lowest BCUT2D eigenvalue weighted by Gasteiger charge is -2.40. The second-order valence-corrected chi connectivity index (χ2v) is 18.8. The van der Waals surface area contributed by atoms with E-state index in [4.69, 9.17) is 0 Å². The smallest absolute Gasteiger partial charge is 0.159 e. The van der Waals surface area contributed by atoms with Crippen LogP contribution in [0.15, 0.2) is 36.4 Å². The summed E-state index contributed by atoms with van der Waals surface area (Å²) in [5.74, 6) is 6.24. The van der Waals surface area contributed by atoms with Crippen molar-refractivity contribution in [2.24, 2.45) is 59.2 Å². The zero-order valence-corrected chi connectivity index (χ0v) is 34.3. The molecule has 298 valence electrons. The molecule has 2 aromatic carbocycles. The van der Waals surface area contributed by atoms with Crippen LogP contribution in [0.25, 0.3) is 0 Å². The summed E-state index contributed by atoms with van der Waals surface area (Å²) in [4.78, 5) is 0. The number of halogens is 4. The van der Waals surface area contributed by atoms with Gasteiger partial charge in [0, 0.05) is 0 Å². The summed E-state index contributed by atoms with van der Waals surface area (Å²) in [6.07, 6.45) is 25.8. The third kappa shape index (κ3) is 11.4. The van der Waals surface area contributed by atoms with Crippen molar-refractivity contribution in [2.45, 2.75) is 175 Å². The van der Waals surface area contributed by atoms with Crippen LogP contribution in [0.2, 0.25) is 0 Å². The van der Waals surface area contributed by atoms with Gasteiger partial charge in [-0.15, -0.1) is 0 Å². The maximum Gasteiger partial charge on any atom is 0.159 e. The molecule has 0 nitrogen and oxygen atoms in total. The van der Waals surface area contributed by atoms with Crippen LogP contribution in [0.5, 0.6) is 0 Å². The first-order valence-corrected chi connectivity index (χ1v) is 22.4. The number of hydrogen-bond acceptors (Lipinski definition) is 0. The SMILES string of the molecule is CCC1CCC(C(C)C2CCC(C(C)c3ccc(F)c(F)c3)CC2)CC1.CCCC1CCC(C(C)C2CCC(C(C)c3ccc(F)c(F)c3)CC2)CC1. The topological polar surface area (TPSA) is 0 Å². The van der Waals surface area contributed by atoms with Crippen LogP contribution < -0.4 is 0 Å². The molecule has 4 fully saturated rings. The summed E-state index contributed by atoms with van der Waals surface area (Å²) in [5, 5.41) is 0. The molecule has 6 rings (SSSR count). The van der Waals surface area contributed by atoms with Crippen LogP contribution in [0.4, 0.5) is 17.6 Å². The summed E-state index contributed by atoms with van der Waals surface area (Å²) >= 11 is 0. The van der Waals surface area contributed by atoms with Crippen LogP contribution in [0.1, 0.15) is 187 Å². The molecule has 0 bridgehead atoms. The molecule has 0 aliphatic heterocycles. The van der Waals surface area contributed by atoms with Gasteiger partial charge < -0.3 is 0 Å². The number of rotatable bonds is 11. The third-order valence-electron chi connectivity index (χ3n) is 16.0. The first-order valence-electron chi connectivity index (χ1n) is 22.4. The van der Waals surface area contributed by atoms with Crippen LogP contribution in [0, 0.1) is 82.4 Å². The van der Waals surface area contributed by atoms with E-state index < -0.39 is 23.3 Å². The largest absolute Gasteiger partial charge is 0.204 e. The van der Waals surface area contributed by atoms with Gasteiger partial charge in [-0.25, -0.2) is 17.6 Å². The van der Waals surface area contributed by atoms with Crippen LogP contribution in [-0.4, -0.2) is 0 Å². The summed E-state index contributed by atoms with van der Waals surface area (Å²) in [6.45, 7) is 14.0. The summed E-state index contributed by atoms with van der Waals surface area (Å²) < 4.78 is 53.5. The average Bonchev–Trinajstić information content (AvgIpc) is 3.19. The fraction of sp³-hybridized carbons (Fsp3) is 0.755. The Morgan fingerprint density at radius 3 is 1.08 bits per heavy atom. The van der Waals surface area contributed by atoms with Gasteiger partial charge in [-0.2, -0.15) is 0 Å². The summed E-state index contributed by atoms with van der Waals surface area (Å²) in [5.41, 5.74) is 1.91. The Balaban J connectivity index is 0.000000204. The first-order chi connectivity index (χ1) is 25.5. The lowest BCUT2D eigenvalue weighted by molar-refractivity contribution is 0.118. The van der Waals surface area contributed by atoms with Crippen molar-refractivity contribution in [3.63, 3.8) is 0 Å². The van der Waals surface area contributed by atoms with Gasteiger partial charge in [-0.3, -0.25) is 0 Å². The zero-order chi connectivity index (χ0) is 38.1. The second-order valence-electron chi connectivity index (χ2n) is 18.8. The van der Waals surface area contributed by atoms with Gasteiger partial charge >= 0.3 is 0 Å². The Hall–Kier alpha value is -1.84. The second kappa shape index (κ2) is 20.4. The van der Waals surface area contributed by atoms with Gasteiger partial charge in [0.1, 0.15) is 0 Å². The van der Waals surface area contributed by atoms with Gasteiger partial charge in [-0.1, -0.05) is 98.6 Å². The molecule has 0 spiro atoms. The standard InChI is InChI=1S/C25H38F2.C24H36F2/c1-4-5-19-6-8-20(9-7-19)17(2)21-10-12-22(13-11-21)18(3)23-14-15-24(26)25(27)16-23;1-4-18-5-7-19(8-6-18)16(2)20-9-11-21(12-10-20)17(3)22-13-14-23(25)24(26)15-22/h14-22H,4-13H2,1-3H3;13-21H,4-12H2,1-3H3. The highest BCUT2D eigenvalue weighted by molar-refractivity contribution is 5.23. The van der Waals surface area contributed by atoms with Crippen molar-refractivity contribution in [1.82, 2.24) is 0 Å². The fourth-order valence-electron chi connectivity index (χ4n) is 11.8. The molecule has 4 atom stereocenters. The van der Waals surface area contributed by atoms with E-state index in [0.29, 0.717) is 23.7 Å². The highest BCUT2D eigenvalue weighted by Gasteiger charge is 2.35. The number of hydrogen-bond donors (Lipinski definition) is 0. The van der Waals surface area contributed by atoms with Gasteiger partial charge in [0.2, 0.25) is 0 Å². The van der Waals surface area contributed by atoms with Gasteiger partial charge in [0.05, 0.1) is 0 Å². The normalized spacial score (nSPS) is 31.8. The molecule has 0 amide bonds. The minimum Gasteiger partial charge on any atom is -0.204 e. The molecule has 4 aliphatic rings. The molecule has 0 N–H and O–H groups in total. The maximum absolute atomic E-state index is 13.6. The Labute approximate surface area is 322 Å². The van der Waals surface area contributed by atoms with Gasteiger partial charge in [0.25, 0.3) is 0 Å². The predicted octanol–water partition coefficient (Wildman–Crippen LogP) is 15.8. The summed E-state index contributed by atoms with van der Waals surface area (Å²) in [6, 6.07) is 8.91. The molecule has 2 aromatic rings. The minimum absolute atomic E-state index is 0.320. The van der Waals surface area contributed by atoms with E-state index in [9.17, 15) is 17.6 Å².